The molecule has 100 valence electrons. The first-order chi connectivity index (χ1) is 7.71. The van der Waals surface area contributed by atoms with Gasteiger partial charge in [0.05, 0.1) is 8.80 Å². The number of nitrogens with zero attached hydrogens (tertiary/aromatic N) is 2. The fourth-order valence-electron chi connectivity index (χ4n) is 2.63. The van der Waals surface area contributed by atoms with Gasteiger partial charge in [0, 0.05) is 37.4 Å². The van der Waals surface area contributed by atoms with Gasteiger partial charge in [0.15, 0.2) is 0 Å². The van der Waals surface area contributed by atoms with Crippen LogP contribution in [0.4, 0.5) is 0 Å². The summed E-state index contributed by atoms with van der Waals surface area (Å²) < 4.78 is 0. The second kappa shape index (κ2) is 5.68. The summed E-state index contributed by atoms with van der Waals surface area (Å²) in [7, 11) is -0.636. The number of piperazine rings is 1. The van der Waals surface area contributed by atoms with Crippen molar-refractivity contribution in [2.75, 3.05) is 26.2 Å². The highest BCUT2D eigenvalue weighted by molar-refractivity contribution is 6.57. The lowest BCUT2D eigenvalue weighted by atomic mass is 10.0. The lowest BCUT2D eigenvalue weighted by Gasteiger charge is -2.48. The zero-order chi connectivity index (χ0) is 13.2. The predicted molar refractivity (Wildman–Crippen MR) is 80.4 cm³/mol. The van der Waals surface area contributed by atoms with E-state index in [1.54, 1.807) is 0 Å². The maximum absolute atomic E-state index is 4.07. The zero-order valence-electron chi connectivity index (χ0n) is 12.6. The van der Waals surface area contributed by atoms with Crippen LogP contribution in [-0.2, 0) is 0 Å². The Morgan fingerprint density at radius 3 is 2.29 bits per heavy atom. The van der Waals surface area contributed by atoms with Gasteiger partial charge in [-0.25, -0.2) is 0 Å². The van der Waals surface area contributed by atoms with Crippen LogP contribution >= 0.6 is 0 Å². The Morgan fingerprint density at radius 1 is 1.29 bits per heavy atom. The normalized spacial score (nSPS) is 24.3. The van der Waals surface area contributed by atoms with Gasteiger partial charge in [-0.3, -0.25) is 9.80 Å². The Kier molecular flexibility index (Phi) is 4.99. The maximum atomic E-state index is 4.07. The molecule has 0 aromatic heterocycles. The molecule has 0 amide bonds. The summed E-state index contributed by atoms with van der Waals surface area (Å²) in [4.78, 5) is 5.32. The monoisotopic (exact) mass is 254 g/mol. The van der Waals surface area contributed by atoms with Crippen LogP contribution in [0.3, 0.4) is 0 Å². The molecule has 1 fully saturated rings. The van der Waals surface area contributed by atoms with E-state index in [0.29, 0.717) is 5.54 Å². The fraction of sp³-hybridized carbons (Fsp3) is 0.857. The molecule has 0 spiro atoms. The quantitative estimate of drug-likeness (QED) is 0.563. The summed E-state index contributed by atoms with van der Waals surface area (Å²) >= 11 is 0. The van der Waals surface area contributed by atoms with Crippen LogP contribution in [0.1, 0.15) is 27.7 Å². The van der Waals surface area contributed by atoms with Crippen molar-refractivity contribution in [1.29, 1.82) is 0 Å². The molecular formula is C14H30N2Si. The van der Waals surface area contributed by atoms with Crippen molar-refractivity contribution in [2.24, 2.45) is 0 Å². The van der Waals surface area contributed by atoms with Crippen LogP contribution < -0.4 is 0 Å². The van der Waals surface area contributed by atoms with Crippen molar-refractivity contribution < 1.29 is 0 Å². The molecule has 1 atom stereocenters. The van der Waals surface area contributed by atoms with Gasteiger partial charge in [0.1, 0.15) is 0 Å². The molecule has 0 aliphatic carbocycles. The molecule has 0 radical (unpaired) electrons. The van der Waals surface area contributed by atoms with Crippen molar-refractivity contribution in [1.82, 2.24) is 9.80 Å². The maximum Gasteiger partial charge on any atom is 0.0525 e. The lowest BCUT2D eigenvalue weighted by molar-refractivity contribution is 0.0509. The van der Waals surface area contributed by atoms with Gasteiger partial charge in [-0.1, -0.05) is 25.2 Å². The van der Waals surface area contributed by atoms with Crippen LogP contribution in [0.15, 0.2) is 12.2 Å². The predicted octanol–water partition coefficient (Wildman–Crippen LogP) is 2.37. The summed E-state index contributed by atoms with van der Waals surface area (Å²) in [5.41, 5.74) is 2.42. The van der Waals surface area contributed by atoms with Crippen LogP contribution in [0.25, 0.3) is 0 Å². The SMILES string of the molecule is C=C(C)CN1CCN(C(C)(C)C)CC1[SiH](C)C. The van der Waals surface area contributed by atoms with Gasteiger partial charge < -0.3 is 0 Å². The number of rotatable bonds is 3. The molecular weight excluding hydrogens is 224 g/mol. The molecule has 0 aromatic rings. The van der Waals surface area contributed by atoms with Crippen molar-refractivity contribution in [3.63, 3.8) is 0 Å². The van der Waals surface area contributed by atoms with Crippen molar-refractivity contribution >= 4 is 8.80 Å². The van der Waals surface area contributed by atoms with E-state index in [-0.39, 0.29) is 0 Å². The average Bonchev–Trinajstić information content (AvgIpc) is 2.15. The minimum absolute atomic E-state index is 0.316. The third-order valence-corrected chi connectivity index (χ3v) is 5.90. The molecule has 1 unspecified atom stereocenters. The number of hydrogen-bond donors (Lipinski definition) is 0. The van der Waals surface area contributed by atoms with E-state index in [9.17, 15) is 0 Å². The van der Waals surface area contributed by atoms with Crippen LogP contribution in [0.5, 0.6) is 0 Å². The zero-order valence-corrected chi connectivity index (χ0v) is 13.7. The van der Waals surface area contributed by atoms with Gasteiger partial charge in [0.2, 0.25) is 0 Å². The van der Waals surface area contributed by atoms with E-state index < -0.39 is 8.80 Å². The van der Waals surface area contributed by atoms with Crippen LogP contribution in [-0.4, -0.2) is 56.0 Å². The summed E-state index contributed by atoms with van der Waals surface area (Å²) in [5, 5.41) is 0. The third-order valence-electron chi connectivity index (χ3n) is 3.72. The van der Waals surface area contributed by atoms with Gasteiger partial charge in [0.25, 0.3) is 0 Å². The Bertz CT molecular complexity index is 268. The van der Waals surface area contributed by atoms with Gasteiger partial charge in [-0.2, -0.15) is 0 Å². The average molecular weight is 254 g/mol. The smallest absolute Gasteiger partial charge is 0.0525 e. The molecule has 2 nitrogen and oxygen atoms in total. The molecule has 0 aromatic carbocycles. The third kappa shape index (κ3) is 4.23. The van der Waals surface area contributed by atoms with Crippen molar-refractivity contribution in [2.45, 2.75) is 52.0 Å². The second-order valence-electron chi connectivity index (χ2n) is 6.86. The standard InChI is InChI=1S/C14H30N2Si/c1-12(2)10-15-8-9-16(14(3,4)5)11-13(15)17(6)7/h13,17H,1,8-11H2,2-7H3. The van der Waals surface area contributed by atoms with Crippen molar-refractivity contribution in [3.05, 3.63) is 12.2 Å². The van der Waals surface area contributed by atoms with E-state index >= 15 is 0 Å². The first-order valence-electron chi connectivity index (χ1n) is 6.85. The Balaban J connectivity index is 2.71. The topological polar surface area (TPSA) is 6.48 Å². The molecule has 0 bridgehead atoms. The molecule has 1 saturated heterocycles. The molecule has 3 heteroatoms. The Morgan fingerprint density at radius 2 is 1.88 bits per heavy atom. The lowest BCUT2D eigenvalue weighted by Crippen LogP contribution is -2.61. The van der Waals surface area contributed by atoms with Crippen LogP contribution in [0.2, 0.25) is 13.1 Å². The molecule has 1 aliphatic heterocycles. The summed E-state index contributed by atoms with van der Waals surface area (Å²) in [6, 6.07) is 0. The summed E-state index contributed by atoms with van der Waals surface area (Å²) in [6.07, 6.45) is 0. The first-order valence-corrected chi connectivity index (χ1v) is 9.83. The first kappa shape index (κ1) is 14.9. The highest BCUT2D eigenvalue weighted by Gasteiger charge is 2.33. The highest BCUT2D eigenvalue weighted by atomic mass is 28.3. The van der Waals surface area contributed by atoms with Gasteiger partial charge >= 0.3 is 0 Å². The minimum atomic E-state index is -0.636. The van der Waals surface area contributed by atoms with Gasteiger partial charge in [-0.05, 0) is 27.7 Å². The highest BCUT2D eigenvalue weighted by Crippen LogP contribution is 2.21. The van der Waals surface area contributed by atoms with E-state index in [4.69, 9.17) is 0 Å². The van der Waals surface area contributed by atoms with Crippen LogP contribution in [0, 0.1) is 0 Å². The van der Waals surface area contributed by atoms with E-state index in [0.717, 1.165) is 12.2 Å². The van der Waals surface area contributed by atoms with Gasteiger partial charge in [-0.15, -0.1) is 0 Å². The summed E-state index contributed by atoms with van der Waals surface area (Å²) in [6.45, 7) is 22.9. The largest absolute Gasteiger partial charge is 0.297 e. The fourth-order valence-corrected chi connectivity index (χ4v) is 4.41. The molecule has 1 heterocycles. The summed E-state index contributed by atoms with van der Waals surface area (Å²) in [5.74, 6) is 0. The molecule has 0 saturated carbocycles. The Hall–Kier alpha value is -0.123. The Labute approximate surface area is 109 Å². The minimum Gasteiger partial charge on any atom is -0.297 e. The second-order valence-corrected chi connectivity index (χ2v) is 10.1. The van der Waals surface area contributed by atoms with E-state index in [1.165, 1.54) is 25.2 Å². The van der Waals surface area contributed by atoms with E-state index in [1.807, 2.05) is 0 Å². The van der Waals surface area contributed by atoms with Crippen molar-refractivity contribution in [3.8, 4) is 0 Å². The molecule has 0 N–H and O–H groups in total. The molecule has 17 heavy (non-hydrogen) atoms. The van der Waals surface area contributed by atoms with E-state index in [2.05, 4.69) is 57.2 Å². The number of hydrogen-bond acceptors (Lipinski definition) is 2. The molecule has 1 rings (SSSR count). The molecule has 1 aliphatic rings.